The van der Waals surface area contributed by atoms with Crippen LogP contribution >= 0.6 is 12.2 Å². The van der Waals surface area contributed by atoms with Crippen molar-refractivity contribution in [1.29, 1.82) is 0 Å². The fourth-order valence-corrected chi connectivity index (χ4v) is 4.06. The van der Waals surface area contributed by atoms with Gasteiger partial charge in [-0.1, -0.05) is 30.3 Å². The molecule has 27 heavy (non-hydrogen) atoms. The molecule has 0 unspecified atom stereocenters. The maximum atomic E-state index is 12.5. The minimum absolute atomic E-state index is 0.245. The molecule has 0 aliphatic carbocycles. The van der Waals surface area contributed by atoms with Crippen LogP contribution in [0, 0.1) is 0 Å². The van der Waals surface area contributed by atoms with E-state index in [1.165, 1.54) is 16.8 Å². The van der Waals surface area contributed by atoms with Crippen molar-refractivity contribution in [3.63, 3.8) is 0 Å². The lowest BCUT2D eigenvalue weighted by Gasteiger charge is -2.35. The first-order valence-corrected chi connectivity index (χ1v) is 10.7. The van der Waals surface area contributed by atoms with Gasteiger partial charge in [0.1, 0.15) is 0 Å². The Labute approximate surface area is 166 Å². The molecule has 0 aromatic heterocycles. The average molecular weight is 412 g/mol. The number of piperazine rings is 1. The second-order valence-corrected chi connectivity index (χ2v) is 8.26. The molecule has 1 N–H and O–H groups in total. The highest BCUT2D eigenvalue weighted by Crippen LogP contribution is 2.11. The molecule has 1 fully saturated rings. The second kappa shape index (κ2) is 10.4. The number of thiocarbonyl (C=S) groups is 1. The normalized spacial score (nSPS) is 15.7. The van der Waals surface area contributed by atoms with E-state index in [2.05, 4.69) is 10.1 Å². The molecule has 1 heterocycles. The lowest BCUT2D eigenvalue weighted by atomic mass is 10.2. The van der Waals surface area contributed by atoms with Gasteiger partial charge in [-0.2, -0.15) is 4.31 Å². The Morgan fingerprint density at radius 1 is 1.22 bits per heavy atom. The fraction of sp³-hybridized carbons (Fsp3) is 0.444. The fourth-order valence-electron chi connectivity index (χ4n) is 2.60. The number of hydrogen-bond donors (Lipinski definition) is 1. The smallest absolute Gasteiger partial charge is 0.305 e. The highest BCUT2D eigenvalue weighted by Gasteiger charge is 2.25. The van der Waals surface area contributed by atoms with Gasteiger partial charge in [-0.15, -0.1) is 0 Å². The van der Waals surface area contributed by atoms with Crippen LogP contribution in [-0.2, 0) is 19.6 Å². The second-order valence-electron chi connectivity index (χ2n) is 6.06. The van der Waals surface area contributed by atoms with E-state index in [0.29, 0.717) is 50.7 Å². The van der Waals surface area contributed by atoms with Crippen LogP contribution in [0.4, 0.5) is 0 Å². The molecule has 1 aromatic carbocycles. The highest BCUT2D eigenvalue weighted by molar-refractivity contribution is 7.92. The molecule has 1 saturated heterocycles. The summed E-state index contributed by atoms with van der Waals surface area (Å²) >= 11 is 5.35. The van der Waals surface area contributed by atoms with Crippen molar-refractivity contribution in [2.45, 2.75) is 12.8 Å². The summed E-state index contributed by atoms with van der Waals surface area (Å²) in [4.78, 5) is 13.0. The summed E-state index contributed by atoms with van der Waals surface area (Å²) in [6.07, 6.45) is 2.58. The molecule has 0 spiro atoms. The van der Waals surface area contributed by atoms with Crippen LogP contribution in [0.15, 0.2) is 35.7 Å². The molecular formula is C18H25N3O4S2. The number of esters is 1. The number of nitrogens with one attached hydrogen (secondary N) is 1. The molecule has 0 bridgehead atoms. The molecular weight excluding hydrogens is 386 g/mol. The van der Waals surface area contributed by atoms with Gasteiger partial charge < -0.3 is 15.0 Å². The number of ether oxygens (including phenoxy) is 1. The summed E-state index contributed by atoms with van der Waals surface area (Å²) in [6.45, 7) is 2.39. The van der Waals surface area contributed by atoms with Gasteiger partial charge in [0.25, 0.3) is 0 Å². The lowest BCUT2D eigenvalue weighted by molar-refractivity contribution is -0.140. The Morgan fingerprint density at radius 2 is 1.89 bits per heavy atom. The van der Waals surface area contributed by atoms with Crippen molar-refractivity contribution >= 4 is 39.4 Å². The molecule has 7 nitrogen and oxygen atoms in total. The highest BCUT2D eigenvalue weighted by atomic mass is 32.2. The van der Waals surface area contributed by atoms with Crippen LogP contribution in [-0.4, -0.2) is 68.5 Å². The Balaban J connectivity index is 1.77. The third kappa shape index (κ3) is 6.93. The number of hydrogen-bond acceptors (Lipinski definition) is 5. The SMILES string of the molecule is COC(=O)CCCNC(=S)N1CCN(S(=O)(=O)/C=C/c2ccccc2)CC1. The first-order valence-electron chi connectivity index (χ1n) is 8.75. The third-order valence-electron chi connectivity index (χ3n) is 4.18. The molecule has 148 valence electrons. The molecule has 0 amide bonds. The van der Waals surface area contributed by atoms with E-state index in [1.54, 1.807) is 6.08 Å². The van der Waals surface area contributed by atoms with Crippen molar-refractivity contribution in [3.8, 4) is 0 Å². The zero-order valence-electron chi connectivity index (χ0n) is 15.3. The van der Waals surface area contributed by atoms with Gasteiger partial charge in [-0.05, 0) is 30.3 Å². The van der Waals surface area contributed by atoms with Crippen molar-refractivity contribution in [2.24, 2.45) is 0 Å². The van der Waals surface area contributed by atoms with Crippen molar-refractivity contribution in [2.75, 3.05) is 39.8 Å². The van der Waals surface area contributed by atoms with E-state index in [1.807, 2.05) is 35.2 Å². The van der Waals surface area contributed by atoms with Crippen LogP contribution in [0.1, 0.15) is 18.4 Å². The van der Waals surface area contributed by atoms with Crippen LogP contribution < -0.4 is 5.32 Å². The zero-order valence-corrected chi connectivity index (χ0v) is 17.0. The zero-order chi connectivity index (χ0) is 19.7. The van der Waals surface area contributed by atoms with Gasteiger partial charge in [0.05, 0.1) is 7.11 Å². The quantitative estimate of drug-likeness (QED) is 0.413. The number of methoxy groups -OCH3 is 1. The first-order chi connectivity index (χ1) is 12.9. The number of sulfonamides is 1. The molecule has 1 aliphatic heterocycles. The van der Waals surface area contributed by atoms with E-state index in [-0.39, 0.29) is 5.97 Å². The standard InChI is InChI=1S/C18H25N3O4S2/c1-25-17(22)8-5-10-19-18(26)20-11-13-21(14-12-20)27(23,24)15-9-16-6-3-2-4-7-16/h2-4,6-7,9,15H,5,8,10-14H2,1H3,(H,19,26)/b15-9+. The summed E-state index contributed by atoms with van der Waals surface area (Å²) in [7, 11) is -2.09. The maximum Gasteiger partial charge on any atom is 0.305 e. The molecule has 1 aromatic rings. The minimum atomic E-state index is -3.45. The Morgan fingerprint density at radius 3 is 2.52 bits per heavy atom. The Bertz CT molecular complexity index is 758. The number of benzene rings is 1. The Hall–Kier alpha value is -1.97. The number of carbonyl (C=O) groups excluding carboxylic acids is 1. The molecule has 0 atom stereocenters. The minimum Gasteiger partial charge on any atom is -0.469 e. The largest absolute Gasteiger partial charge is 0.469 e. The monoisotopic (exact) mass is 411 g/mol. The summed E-state index contributed by atoms with van der Waals surface area (Å²) in [6, 6.07) is 9.33. The molecule has 2 rings (SSSR count). The number of nitrogens with zero attached hydrogens (tertiary/aromatic N) is 2. The summed E-state index contributed by atoms with van der Waals surface area (Å²) in [5, 5.41) is 4.93. The molecule has 9 heteroatoms. The Kier molecular flexibility index (Phi) is 8.21. The lowest BCUT2D eigenvalue weighted by Crippen LogP contribution is -2.52. The van der Waals surface area contributed by atoms with Gasteiger partial charge in [0.2, 0.25) is 10.0 Å². The van der Waals surface area contributed by atoms with Crippen molar-refractivity contribution < 1.29 is 17.9 Å². The van der Waals surface area contributed by atoms with E-state index < -0.39 is 10.0 Å². The summed E-state index contributed by atoms with van der Waals surface area (Å²) in [5.74, 6) is -0.245. The molecule has 0 radical (unpaired) electrons. The van der Waals surface area contributed by atoms with E-state index in [9.17, 15) is 13.2 Å². The van der Waals surface area contributed by atoms with E-state index in [0.717, 1.165) is 5.56 Å². The van der Waals surface area contributed by atoms with E-state index in [4.69, 9.17) is 12.2 Å². The summed E-state index contributed by atoms with van der Waals surface area (Å²) in [5.41, 5.74) is 0.844. The molecule has 1 aliphatic rings. The van der Waals surface area contributed by atoms with Crippen molar-refractivity contribution in [1.82, 2.24) is 14.5 Å². The third-order valence-corrected chi connectivity index (χ3v) is 6.15. The topological polar surface area (TPSA) is 79.0 Å². The predicted molar refractivity (Wildman–Crippen MR) is 109 cm³/mol. The van der Waals surface area contributed by atoms with Crippen LogP contribution in [0.3, 0.4) is 0 Å². The van der Waals surface area contributed by atoms with Gasteiger partial charge >= 0.3 is 5.97 Å². The van der Waals surface area contributed by atoms with Gasteiger partial charge in [-0.3, -0.25) is 4.79 Å². The van der Waals surface area contributed by atoms with Gasteiger partial charge in [0, 0.05) is 44.6 Å². The first kappa shape index (κ1) is 21.3. The van der Waals surface area contributed by atoms with E-state index >= 15 is 0 Å². The van der Waals surface area contributed by atoms with Gasteiger partial charge in [-0.25, -0.2) is 8.42 Å². The number of rotatable bonds is 7. The van der Waals surface area contributed by atoms with Crippen molar-refractivity contribution in [3.05, 3.63) is 41.3 Å². The average Bonchev–Trinajstić information content (AvgIpc) is 2.70. The molecule has 0 saturated carbocycles. The summed E-state index contributed by atoms with van der Waals surface area (Å²) < 4.78 is 31.0. The van der Waals surface area contributed by atoms with Crippen LogP contribution in [0.25, 0.3) is 6.08 Å². The maximum absolute atomic E-state index is 12.5. The van der Waals surface area contributed by atoms with Crippen LogP contribution in [0.5, 0.6) is 0 Å². The van der Waals surface area contributed by atoms with Gasteiger partial charge in [0.15, 0.2) is 5.11 Å². The van der Waals surface area contributed by atoms with Crippen LogP contribution in [0.2, 0.25) is 0 Å². The predicted octanol–water partition coefficient (Wildman–Crippen LogP) is 1.43. The number of carbonyl (C=O) groups is 1.